The second kappa shape index (κ2) is 5.67. The highest BCUT2D eigenvalue weighted by atomic mass is 16.4. The molecule has 2 heterocycles. The van der Waals surface area contributed by atoms with Crippen LogP contribution in [-0.2, 0) is 4.79 Å². The zero-order valence-corrected chi connectivity index (χ0v) is 12.5. The third kappa shape index (κ3) is 3.48. The summed E-state index contributed by atoms with van der Waals surface area (Å²) in [4.78, 5) is 26.8. The minimum atomic E-state index is -1.09. The maximum absolute atomic E-state index is 12.2. The van der Waals surface area contributed by atoms with Crippen LogP contribution in [0.1, 0.15) is 31.3 Å². The average molecular weight is 292 g/mol. The Morgan fingerprint density at radius 1 is 1.10 bits per heavy atom. The maximum Gasteiger partial charge on any atom is 0.356 e. The highest BCUT2D eigenvalue weighted by Gasteiger charge is 2.30. The van der Waals surface area contributed by atoms with E-state index >= 15 is 0 Å². The number of hydrogen-bond donors (Lipinski definition) is 1. The van der Waals surface area contributed by atoms with Gasteiger partial charge in [0.2, 0.25) is 5.91 Å². The van der Waals surface area contributed by atoms with Crippen LogP contribution in [0.15, 0.2) is 12.1 Å². The highest BCUT2D eigenvalue weighted by molar-refractivity contribution is 5.85. The molecule has 7 nitrogen and oxygen atoms in total. The Kier molecular flexibility index (Phi) is 4.11. The molecule has 1 saturated heterocycles. The van der Waals surface area contributed by atoms with E-state index in [-0.39, 0.29) is 17.0 Å². The predicted molar refractivity (Wildman–Crippen MR) is 77.2 cm³/mol. The molecule has 2 rings (SSSR count). The number of carboxylic acids is 1. The molecule has 0 unspecified atom stereocenters. The lowest BCUT2D eigenvalue weighted by molar-refractivity contribution is -0.139. The zero-order chi connectivity index (χ0) is 15.6. The summed E-state index contributed by atoms with van der Waals surface area (Å²) in [6, 6.07) is 3.09. The van der Waals surface area contributed by atoms with Crippen molar-refractivity contribution in [3.63, 3.8) is 0 Å². The first kappa shape index (κ1) is 15.2. The number of hydrogen-bond acceptors (Lipinski definition) is 5. The van der Waals surface area contributed by atoms with Crippen LogP contribution < -0.4 is 4.90 Å². The molecule has 0 spiro atoms. The van der Waals surface area contributed by atoms with E-state index in [1.165, 1.54) is 6.07 Å². The quantitative estimate of drug-likeness (QED) is 0.870. The minimum Gasteiger partial charge on any atom is -0.476 e. The molecule has 0 atom stereocenters. The molecule has 1 amide bonds. The Labute approximate surface area is 123 Å². The van der Waals surface area contributed by atoms with Gasteiger partial charge in [0.15, 0.2) is 11.5 Å². The van der Waals surface area contributed by atoms with Gasteiger partial charge >= 0.3 is 5.97 Å². The first-order valence-electron chi connectivity index (χ1n) is 6.90. The number of nitrogens with zero attached hydrogens (tertiary/aromatic N) is 4. The summed E-state index contributed by atoms with van der Waals surface area (Å²) >= 11 is 0. The van der Waals surface area contributed by atoms with Crippen LogP contribution in [-0.4, -0.2) is 58.3 Å². The summed E-state index contributed by atoms with van der Waals surface area (Å²) in [5.74, 6) is -0.299. The summed E-state index contributed by atoms with van der Waals surface area (Å²) in [5.41, 5.74) is -0.439. The summed E-state index contributed by atoms with van der Waals surface area (Å²) in [7, 11) is 0. The van der Waals surface area contributed by atoms with E-state index in [1.807, 2.05) is 30.6 Å². The van der Waals surface area contributed by atoms with Crippen molar-refractivity contribution < 1.29 is 14.7 Å². The second-order valence-corrected chi connectivity index (χ2v) is 6.11. The van der Waals surface area contributed by atoms with Crippen LogP contribution in [0.25, 0.3) is 0 Å². The molecule has 1 fully saturated rings. The fourth-order valence-corrected chi connectivity index (χ4v) is 2.22. The largest absolute Gasteiger partial charge is 0.476 e. The van der Waals surface area contributed by atoms with Crippen LogP contribution in [0.4, 0.5) is 5.82 Å². The van der Waals surface area contributed by atoms with Gasteiger partial charge in [0.1, 0.15) is 0 Å². The van der Waals surface area contributed by atoms with Crippen LogP contribution in [0.2, 0.25) is 0 Å². The molecule has 0 saturated carbocycles. The Balaban J connectivity index is 1.98. The smallest absolute Gasteiger partial charge is 0.356 e. The summed E-state index contributed by atoms with van der Waals surface area (Å²) in [6.07, 6.45) is 0. The van der Waals surface area contributed by atoms with Crippen LogP contribution >= 0.6 is 0 Å². The lowest BCUT2D eigenvalue weighted by atomic mass is 9.94. The van der Waals surface area contributed by atoms with Crippen molar-refractivity contribution in [2.45, 2.75) is 20.8 Å². The normalized spacial score (nSPS) is 16.0. The molecule has 7 heteroatoms. The molecule has 0 aromatic carbocycles. The van der Waals surface area contributed by atoms with Gasteiger partial charge in [-0.1, -0.05) is 20.8 Å². The Bertz CT molecular complexity index is 528. The molecule has 114 valence electrons. The molecule has 1 aromatic rings. The molecule has 21 heavy (non-hydrogen) atoms. The Hall–Kier alpha value is -2.18. The van der Waals surface area contributed by atoms with E-state index in [9.17, 15) is 9.59 Å². The maximum atomic E-state index is 12.2. The van der Waals surface area contributed by atoms with E-state index in [2.05, 4.69) is 10.2 Å². The van der Waals surface area contributed by atoms with Gasteiger partial charge in [-0.3, -0.25) is 4.79 Å². The standard InChI is InChI=1S/C14H20N4O3/c1-14(2,3)13(21)18-8-6-17(7-9-18)11-5-4-10(12(19)20)15-16-11/h4-5H,6-9H2,1-3H3,(H,19,20). The first-order chi connectivity index (χ1) is 9.79. The Morgan fingerprint density at radius 3 is 2.14 bits per heavy atom. The third-order valence-corrected chi connectivity index (χ3v) is 3.40. The van der Waals surface area contributed by atoms with Gasteiger partial charge in [0.25, 0.3) is 0 Å². The van der Waals surface area contributed by atoms with Crippen molar-refractivity contribution in [3.05, 3.63) is 17.8 Å². The number of anilines is 1. The number of carbonyl (C=O) groups excluding carboxylic acids is 1. The monoisotopic (exact) mass is 292 g/mol. The molecule has 1 N–H and O–H groups in total. The van der Waals surface area contributed by atoms with Gasteiger partial charge in [-0.25, -0.2) is 4.79 Å². The zero-order valence-electron chi connectivity index (χ0n) is 12.5. The van der Waals surface area contributed by atoms with Crippen molar-refractivity contribution >= 4 is 17.7 Å². The third-order valence-electron chi connectivity index (χ3n) is 3.40. The summed E-state index contributed by atoms with van der Waals surface area (Å²) < 4.78 is 0. The topological polar surface area (TPSA) is 86.6 Å². The molecule has 0 radical (unpaired) electrons. The van der Waals surface area contributed by atoms with E-state index in [1.54, 1.807) is 6.07 Å². The summed E-state index contributed by atoms with van der Waals surface area (Å²) in [6.45, 7) is 8.36. The van der Waals surface area contributed by atoms with E-state index in [0.29, 0.717) is 32.0 Å². The van der Waals surface area contributed by atoms with Gasteiger partial charge < -0.3 is 14.9 Å². The molecule has 0 bridgehead atoms. The first-order valence-corrected chi connectivity index (χ1v) is 6.90. The number of carboxylic acid groups (broad SMARTS) is 1. The fourth-order valence-electron chi connectivity index (χ4n) is 2.22. The number of carbonyl (C=O) groups is 2. The van der Waals surface area contributed by atoms with Crippen molar-refractivity contribution in [3.8, 4) is 0 Å². The average Bonchev–Trinajstić information content (AvgIpc) is 2.46. The van der Waals surface area contributed by atoms with Crippen molar-refractivity contribution in [1.29, 1.82) is 0 Å². The van der Waals surface area contributed by atoms with Crippen LogP contribution in [0.3, 0.4) is 0 Å². The highest BCUT2D eigenvalue weighted by Crippen LogP contribution is 2.20. The molecular formula is C14H20N4O3. The molecule has 1 aliphatic heterocycles. The molecular weight excluding hydrogens is 272 g/mol. The number of amides is 1. The van der Waals surface area contributed by atoms with E-state index < -0.39 is 5.97 Å². The molecule has 0 aliphatic carbocycles. The van der Waals surface area contributed by atoms with Crippen molar-refractivity contribution in [2.24, 2.45) is 5.41 Å². The van der Waals surface area contributed by atoms with E-state index in [4.69, 9.17) is 5.11 Å². The van der Waals surface area contributed by atoms with Crippen LogP contribution in [0, 0.1) is 5.41 Å². The van der Waals surface area contributed by atoms with Crippen molar-refractivity contribution in [2.75, 3.05) is 31.1 Å². The lowest BCUT2D eigenvalue weighted by Gasteiger charge is -2.37. The second-order valence-electron chi connectivity index (χ2n) is 6.11. The van der Waals surface area contributed by atoms with Crippen LogP contribution in [0.5, 0.6) is 0 Å². The van der Waals surface area contributed by atoms with Gasteiger partial charge in [0, 0.05) is 31.6 Å². The predicted octanol–water partition coefficient (Wildman–Crippen LogP) is 0.869. The molecule has 1 aromatic heterocycles. The number of aromatic carboxylic acids is 1. The van der Waals surface area contributed by atoms with Gasteiger partial charge in [0.05, 0.1) is 0 Å². The SMILES string of the molecule is CC(C)(C)C(=O)N1CCN(c2ccc(C(=O)O)nn2)CC1. The number of rotatable bonds is 2. The minimum absolute atomic E-state index is 0.0692. The van der Waals surface area contributed by atoms with Gasteiger partial charge in [-0.05, 0) is 12.1 Å². The fraction of sp³-hybridized carbons (Fsp3) is 0.571. The summed E-state index contributed by atoms with van der Waals surface area (Å²) in [5, 5.41) is 16.4. The van der Waals surface area contributed by atoms with Gasteiger partial charge in [-0.2, -0.15) is 0 Å². The Morgan fingerprint density at radius 2 is 1.71 bits per heavy atom. The van der Waals surface area contributed by atoms with Gasteiger partial charge in [-0.15, -0.1) is 10.2 Å². The number of piperazine rings is 1. The lowest BCUT2D eigenvalue weighted by Crippen LogP contribution is -2.51. The van der Waals surface area contributed by atoms with Crippen molar-refractivity contribution in [1.82, 2.24) is 15.1 Å². The van der Waals surface area contributed by atoms with E-state index in [0.717, 1.165) is 0 Å². The molecule has 1 aliphatic rings. The number of aromatic nitrogens is 2.